The number of fused-ring (bicyclic) bond motifs is 1. The van der Waals surface area contributed by atoms with Crippen molar-refractivity contribution < 1.29 is 13.2 Å². The van der Waals surface area contributed by atoms with Gasteiger partial charge in [0.25, 0.3) is 0 Å². The summed E-state index contributed by atoms with van der Waals surface area (Å²) in [5, 5.41) is 0.461. The van der Waals surface area contributed by atoms with Crippen LogP contribution >= 0.6 is 39.1 Å². The van der Waals surface area contributed by atoms with Crippen molar-refractivity contribution in [2.24, 2.45) is 5.92 Å². The Morgan fingerprint density at radius 3 is 2.50 bits per heavy atom. The van der Waals surface area contributed by atoms with Crippen LogP contribution in [0.2, 0.25) is 10.0 Å². The van der Waals surface area contributed by atoms with Crippen LogP contribution in [0.3, 0.4) is 0 Å². The average Bonchev–Trinajstić information content (AvgIpc) is 3.04. The summed E-state index contributed by atoms with van der Waals surface area (Å²) in [6.07, 6.45) is 1.78. The van der Waals surface area contributed by atoms with E-state index in [2.05, 4.69) is 22.0 Å². The monoisotopic (exact) mass is 530 g/mol. The van der Waals surface area contributed by atoms with Crippen molar-refractivity contribution in [1.82, 2.24) is 4.31 Å². The topological polar surface area (TPSA) is 57.7 Å². The van der Waals surface area contributed by atoms with E-state index in [1.807, 2.05) is 24.0 Å². The van der Waals surface area contributed by atoms with Gasteiger partial charge >= 0.3 is 0 Å². The zero-order valence-corrected chi connectivity index (χ0v) is 20.2. The number of hydrogen-bond donors (Lipinski definition) is 0. The van der Waals surface area contributed by atoms with Crippen LogP contribution in [0.5, 0.6) is 0 Å². The Morgan fingerprint density at radius 2 is 1.80 bits per heavy atom. The van der Waals surface area contributed by atoms with E-state index in [4.69, 9.17) is 23.2 Å². The molecule has 4 rings (SSSR count). The lowest BCUT2D eigenvalue weighted by Gasteiger charge is -2.34. The molecule has 1 atom stereocenters. The van der Waals surface area contributed by atoms with Crippen LogP contribution in [0.1, 0.15) is 25.3 Å². The van der Waals surface area contributed by atoms with Gasteiger partial charge in [-0.1, -0.05) is 39.1 Å². The van der Waals surface area contributed by atoms with E-state index in [0.29, 0.717) is 17.9 Å². The van der Waals surface area contributed by atoms with Gasteiger partial charge in [0.2, 0.25) is 15.9 Å². The molecule has 1 amide bonds. The summed E-state index contributed by atoms with van der Waals surface area (Å²) >= 11 is 15.6. The van der Waals surface area contributed by atoms with Crippen LogP contribution in [-0.2, 0) is 21.2 Å². The van der Waals surface area contributed by atoms with Crippen molar-refractivity contribution in [2.75, 3.05) is 18.0 Å². The molecule has 0 aliphatic carbocycles. The summed E-state index contributed by atoms with van der Waals surface area (Å²) in [7, 11) is -3.76. The minimum Gasteiger partial charge on any atom is -0.309 e. The van der Waals surface area contributed by atoms with Gasteiger partial charge in [-0.15, -0.1) is 0 Å². The number of anilines is 1. The van der Waals surface area contributed by atoms with Gasteiger partial charge in [-0.2, -0.15) is 4.31 Å². The Balaban J connectivity index is 1.49. The standard InChI is InChI=1S/C21H21BrCl2N2O3S/c1-13-10-15-11-16(22)2-5-19(15)26(13)21(27)14-6-8-25(9-7-14)30(28,29)20-12-17(23)3-4-18(20)24/h2-5,11-14H,6-10H2,1H3/t13-/m1/s1. The molecule has 0 saturated carbocycles. The lowest BCUT2D eigenvalue weighted by atomic mass is 9.96. The fourth-order valence-electron chi connectivity index (χ4n) is 4.29. The minimum absolute atomic E-state index is 0.00844. The van der Waals surface area contributed by atoms with E-state index in [0.717, 1.165) is 22.1 Å². The second-order valence-electron chi connectivity index (χ2n) is 7.79. The summed E-state index contributed by atoms with van der Waals surface area (Å²) in [4.78, 5) is 15.2. The number of nitrogens with zero attached hydrogens (tertiary/aromatic N) is 2. The molecule has 1 saturated heterocycles. The van der Waals surface area contributed by atoms with Crippen LogP contribution in [0.25, 0.3) is 0 Å². The van der Waals surface area contributed by atoms with Crippen LogP contribution in [-0.4, -0.2) is 37.8 Å². The Morgan fingerprint density at radius 1 is 1.10 bits per heavy atom. The molecule has 0 aromatic heterocycles. The molecule has 0 radical (unpaired) electrons. The molecular formula is C21H21BrCl2N2O3S. The quantitative estimate of drug-likeness (QED) is 0.551. The van der Waals surface area contributed by atoms with E-state index in [1.165, 1.54) is 16.4 Å². The van der Waals surface area contributed by atoms with Crippen molar-refractivity contribution in [3.8, 4) is 0 Å². The predicted molar refractivity (Wildman–Crippen MR) is 123 cm³/mol. The normalized spacial score (nSPS) is 20.4. The smallest absolute Gasteiger partial charge is 0.244 e. The molecule has 0 bridgehead atoms. The van der Waals surface area contributed by atoms with Crippen molar-refractivity contribution in [3.63, 3.8) is 0 Å². The van der Waals surface area contributed by atoms with Gasteiger partial charge < -0.3 is 4.90 Å². The number of benzene rings is 2. The summed E-state index contributed by atoms with van der Waals surface area (Å²) in [6, 6.07) is 10.5. The third kappa shape index (κ3) is 4.02. The number of sulfonamides is 1. The van der Waals surface area contributed by atoms with Gasteiger partial charge in [0, 0.05) is 40.2 Å². The van der Waals surface area contributed by atoms with Gasteiger partial charge in [0.15, 0.2) is 0 Å². The van der Waals surface area contributed by atoms with E-state index in [9.17, 15) is 13.2 Å². The second kappa shape index (κ2) is 8.43. The van der Waals surface area contributed by atoms with Gasteiger partial charge in [-0.05, 0) is 68.1 Å². The van der Waals surface area contributed by atoms with Crippen LogP contribution in [0.15, 0.2) is 45.8 Å². The molecule has 160 valence electrons. The number of hydrogen-bond acceptors (Lipinski definition) is 3. The third-order valence-corrected chi connectivity index (χ3v) is 8.92. The molecule has 0 spiro atoms. The molecule has 2 aliphatic heterocycles. The second-order valence-corrected chi connectivity index (χ2v) is 11.5. The van der Waals surface area contributed by atoms with Gasteiger partial charge in [0.1, 0.15) is 4.90 Å². The minimum atomic E-state index is -3.76. The lowest BCUT2D eigenvalue weighted by Crippen LogP contribution is -2.46. The van der Waals surface area contributed by atoms with E-state index < -0.39 is 10.0 Å². The number of amides is 1. The average molecular weight is 532 g/mol. The van der Waals surface area contributed by atoms with Crippen molar-refractivity contribution in [1.29, 1.82) is 0 Å². The number of halogens is 3. The zero-order valence-electron chi connectivity index (χ0n) is 16.3. The molecule has 0 unspecified atom stereocenters. The lowest BCUT2D eigenvalue weighted by molar-refractivity contribution is -0.123. The Kier molecular flexibility index (Phi) is 6.21. The first kappa shape index (κ1) is 22.1. The Hall–Kier alpha value is -1.12. The first-order valence-electron chi connectivity index (χ1n) is 9.75. The van der Waals surface area contributed by atoms with E-state index in [-0.39, 0.29) is 40.9 Å². The zero-order chi connectivity index (χ0) is 21.6. The fraction of sp³-hybridized carbons (Fsp3) is 0.381. The maximum atomic E-state index is 13.3. The maximum Gasteiger partial charge on any atom is 0.244 e. The summed E-state index contributed by atoms with van der Waals surface area (Å²) in [6.45, 7) is 2.60. The van der Waals surface area contributed by atoms with Gasteiger partial charge in [0.05, 0.1) is 5.02 Å². The van der Waals surface area contributed by atoms with Crippen LogP contribution < -0.4 is 4.90 Å². The Bertz CT molecular complexity index is 1100. The molecule has 0 N–H and O–H groups in total. The molecule has 2 aromatic rings. The molecule has 1 fully saturated rings. The van der Waals surface area contributed by atoms with Crippen molar-refractivity contribution >= 4 is 60.7 Å². The SMILES string of the molecule is C[C@@H]1Cc2cc(Br)ccc2N1C(=O)C1CCN(S(=O)(=O)c2cc(Cl)ccc2Cl)CC1. The van der Waals surface area contributed by atoms with Crippen LogP contribution in [0.4, 0.5) is 5.69 Å². The molecule has 2 aliphatic rings. The Labute approximate surface area is 195 Å². The number of carbonyl (C=O) groups is 1. The molecule has 2 heterocycles. The maximum absolute atomic E-state index is 13.3. The predicted octanol–water partition coefficient (Wildman–Crippen LogP) is 5.13. The highest BCUT2D eigenvalue weighted by Gasteiger charge is 2.38. The highest BCUT2D eigenvalue weighted by molar-refractivity contribution is 9.10. The van der Waals surface area contributed by atoms with Crippen LogP contribution in [0, 0.1) is 5.92 Å². The first-order chi connectivity index (χ1) is 14.2. The number of rotatable bonds is 3. The first-order valence-corrected chi connectivity index (χ1v) is 12.7. The van der Waals surface area contributed by atoms with Gasteiger partial charge in [-0.25, -0.2) is 8.42 Å². The molecule has 2 aromatic carbocycles. The molecule has 5 nitrogen and oxygen atoms in total. The number of carbonyl (C=O) groups excluding carboxylic acids is 1. The highest BCUT2D eigenvalue weighted by atomic mass is 79.9. The van der Waals surface area contributed by atoms with Crippen molar-refractivity contribution in [3.05, 3.63) is 56.5 Å². The van der Waals surface area contributed by atoms with E-state index >= 15 is 0 Å². The molecule has 9 heteroatoms. The molecular weight excluding hydrogens is 511 g/mol. The highest BCUT2D eigenvalue weighted by Crippen LogP contribution is 2.37. The van der Waals surface area contributed by atoms with Gasteiger partial charge in [-0.3, -0.25) is 4.79 Å². The van der Waals surface area contributed by atoms with Crippen molar-refractivity contribution in [2.45, 2.75) is 37.1 Å². The number of piperidine rings is 1. The summed E-state index contributed by atoms with van der Waals surface area (Å²) in [5.41, 5.74) is 2.11. The van der Waals surface area contributed by atoms with E-state index in [1.54, 1.807) is 6.07 Å². The third-order valence-electron chi connectivity index (χ3n) is 5.81. The summed E-state index contributed by atoms with van der Waals surface area (Å²) < 4.78 is 28.4. The largest absolute Gasteiger partial charge is 0.309 e. The summed E-state index contributed by atoms with van der Waals surface area (Å²) in [5.74, 6) is -0.135. The fourth-order valence-corrected chi connectivity index (χ4v) is 6.90. The molecule has 30 heavy (non-hydrogen) atoms.